The van der Waals surface area contributed by atoms with Crippen LogP contribution in [0.2, 0.25) is 0 Å². The zero-order valence-corrected chi connectivity index (χ0v) is 23.2. The van der Waals surface area contributed by atoms with Gasteiger partial charge in [0.1, 0.15) is 24.1 Å². The smallest absolute Gasteiger partial charge is 0.335 e. The zero-order chi connectivity index (χ0) is 29.1. The van der Waals surface area contributed by atoms with Gasteiger partial charge in [0.15, 0.2) is 0 Å². The fourth-order valence-electron chi connectivity index (χ4n) is 5.67. The van der Waals surface area contributed by atoms with Gasteiger partial charge in [0.2, 0.25) is 5.88 Å². The average molecular weight is 570 g/mol. The summed E-state index contributed by atoms with van der Waals surface area (Å²) in [5.41, 5.74) is 2.59. The van der Waals surface area contributed by atoms with Crippen molar-refractivity contribution in [3.63, 3.8) is 0 Å². The second-order valence-electron chi connectivity index (χ2n) is 10.9. The van der Waals surface area contributed by atoms with Gasteiger partial charge in [0, 0.05) is 44.3 Å². The van der Waals surface area contributed by atoms with Crippen molar-refractivity contribution in [2.75, 3.05) is 24.6 Å². The van der Waals surface area contributed by atoms with Crippen molar-refractivity contribution in [1.29, 1.82) is 5.26 Å². The molecular weight excluding hydrogens is 537 g/mol. The second-order valence-corrected chi connectivity index (χ2v) is 10.9. The number of benzene rings is 2. The van der Waals surface area contributed by atoms with Crippen LogP contribution in [0.3, 0.4) is 0 Å². The summed E-state index contributed by atoms with van der Waals surface area (Å²) in [4.78, 5) is 23.4. The number of aryl methyl sites for hydroxylation is 1. The molecule has 216 valence electrons. The highest BCUT2D eigenvalue weighted by atomic mass is 19.1. The van der Waals surface area contributed by atoms with Gasteiger partial charge < -0.3 is 24.0 Å². The Morgan fingerprint density at radius 1 is 1.12 bits per heavy atom. The van der Waals surface area contributed by atoms with Crippen molar-refractivity contribution in [3.8, 4) is 11.9 Å². The van der Waals surface area contributed by atoms with Crippen LogP contribution >= 0.6 is 0 Å². The van der Waals surface area contributed by atoms with Crippen molar-refractivity contribution < 1.29 is 23.8 Å². The summed E-state index contributed by atoms with van der Waals surface area (Å²) in [6, 6.07) is 17.0. The number of fused-ring (bicyclic) bond motifs is 1. The molecule has 2 saturated heterocycles. The molecule has 1 N–H and O–H groups in total. The molecule has 1 atom stereocenters. The first-order valence-electron chi connectivity index (χ1n) is 14.3. The van der Waals surface area contributed by atoms with E-state index in [1.165, 1.54) is 6.07 Å². The fraction of sp³-hybridized carbons (Fsp3) is 0.375. The Hall–Kier alpha value is -4.49. The molecule has 4 aromatic rings. The number of ether oxygens (including phenoxy) is 2. The molecule has 0 saturated carbocycles. The third-order valence-electron chi connectivity index (χ3n) is 8.22. The van der Waals surface area contributed by atoms with Crippen LogP contribution in [0.25, 0.3) is 11.0 Å². The van der Waals surface area contributed by atoms with Crippen molar-refractivity contribution in [2.24, 2.45) is 5.92 Å². The number of carboxylic acids is 1. The Labute approximate surface area is 243 Å². The molecule has 0 unspecified atom stereocenters. The third-order valence-corrected chi connectivity index (χ3v) is 8.22. The number of nitriles is 1. The minimum Gasteiger partial charge on any atom is -0.478 e. The average Bonchev–Trinajstić information content (AvgIpc) is 3.32. The number of pyridine rings is 1. The molecule has 6 rings (SSSR count). The third kappa shape index (κ3) is 6.06. The summed E-state index contributed by atoms with van der Waals surface area (Å²) >= 11 is 0. The number of piperidine rings is 1. The van der Waals surface area contributed by atoms with Crippen LogP contribution < -0.4 is 9.64 Å². The van der Waals surface area contributed by atoms with Gasteiger partial charge in [-0.25, -0.2) is 14.2 Å². The Balaban J connectivity index is 1.10. The molecule has 10 heteroatoms. The standard InChI is InChI=1S/C32H32FN5O4/c33-26-16-22(19-34)4-5-24(26)20-42-31-3-1-2-29(36-31)37-12-8-21(9-13-37)17-30-35-27-7-6-23(32(39)40)18-28(27)38(30)14-10-25-11-15-41-25/h1-7,16,18,21,25H,8-15,17,20H2,(H,39,40)/t25-/m1/s1. The van der Waals surface area contributed by atoms with E-state index in [2.05, 4.69) is 14.5 Å². The summed E-state index contributed by atoms with van der Waals surface area (Å²) < 4.78 is 27.8. The molecule has 2 fully saturated rings. The van der Waals surface area contributed by atoms with E-state index < -0.39 is 11.8 Å². The maximum Gasteiger partial charge on any atom is 0.335 e. The Morgan fingerprint density at radius 3 is 2.67 bits per heavy atom. The van der Waals surface area contributed by atoms with E-state index in [9.17, 15) is 14.3 Å². The molecule has 0 bridgehead atoms. The number of carboxylic acid groups (broad SMARTS) is 1. The number of imidazole rings is 1. The van der Waals surface area contributed by atoms with Gasteiger partial charge >= 0.3 is 5.97 Å². The first-order chi connectivity index (χ1) is 20.5. The van der Waals surface area contributed by atoms with Gasteiger partial charge in [-0.2, -0.15) is 10.2 Å². The van der Waals surface area contributed by atoms with Crippen LogP contribution in [-0.2, 0) is 24.3 Å². The number of rotatable bonds is 10. The molecule has 0 aliphatic carbocycles. The number of hydrogen-bond donors (Lipinski definition) is 1. The number of carbonyl (C=O) groups is 1. The molecular formula is C32H32FN5O4. The molecule has 0 spiro atoms. The van der Waals surface area contributed by atoms with Gasteiger partial charge in [0.25, 0.3) is 0 Å². The van der Waals surface area contributed by atoms with Crippen molar-refractivity contribution >= 4 is 22.8 Å². The predicted octanol–water partition coefficient (Wildman–Crippen LogP) is 5.36. The van der Waals surface area contributed by atoms with Crippen molar-refractivity contribution in [1.82, 2.24) is 14.5 Å². The van der Waals surface area contributed by atoms with E-state index in [1.807, 2.05) is 18.2 Å². The largest absolute Gasteiger partial charge is 0.478 e. The topological polar surface area (TPSA) is 114 Å². The minimum absolute atomic E-state index is 0.0257. The molecule has 2 aliphatic heterocycles. The van der Waals surface area contributed by atoms with E-state index in [0.29, 0.717) is 17.4 Å². The van der Waals surface area contributed by atoms with Crippen LogP contribution in [0.5, 0.6) is 5.88 Å². The van der Waals surface area contributed by atoms with Crippen LogP contribution in [0.15, 0.2) is 54.6 Å². The highest BCUT2D eigenvalue weighted by Gasteiger charge is 2.25. The lowest BCUT2D eigenvalue weighted by atomic mass is 9.93. The first-order valence-corrected chi connectivity index (χ1v) is 14.3. The number of anilines is 1. The Bertz CT molecular complexity index is 1640. The van der Waals surface area contributed by atoms with Gasteiger partial charge in [-0.15, -0.1) is 0 Å². The maximum absolute atomic E-state index is 14.2. The normalized spacial score (nSPS) is 17.1. The zero-order valence-electron chi connectivity index (χ0n) is 23.2. The summed E-state index contributed by atoms with van der Waals surface area (Å²) in [5, 5.41) is 18.5. The van der Waals surface area contributed by atoms with Gasteiger partial charge in [-0.3, -0.25) is 0 Å². The summed E-state index contributed by atoms with van der Waals surface area (Å²) in [7, 11) is 0. The molecule has 2 aliphatic rings. The number of aromatic carboxylic acids is 1. The molecule has 42 heavy (non-hydrogen) atoms. The van der Waals surface area contributed by atoms with E-state index in [0.717, 1.165) is 81.0 Å². The van der Waals surface area contributed by atoms with Gasteiger partial charge in [-0.1, -0.05) is 12.1 Å². The molecule has 4 heterocycles. The van der Waals surface area contributed by atoms with Crippen LogP contribution in [0.4, 0.5) is 10.2 Å². The lowest BCUT2D eigenvalue weighted by molar-refractivity contribution is -0.0564. The van der Waals surface area contributed by atoms with E-state index in [4.69, 9.17) is 19.7 Å². The lowest BCUT2D eigenvalue weighted by Gasteiger charge is -2.33. The number of halogens is 1. The lowest BCUT2D eigenvalue weighted by Crippen LogP contribution is -2.35. The van der Waals surface area contributed by atoms with Gasteiger partial charge in [-0.05, 0) is 68.0 Å². The summed E-state index contributed by atoms with van der Waals surface area (Å²) in [6.45, 7) is 3.26. The van der Waals surface area contributed by atoms with Crippen LogP contribution in [0.1, 0.15) is 53.0 Å². The van der Waals surface area contributed by atoms with Crippen LogP contribution in [-0.4, -0.2) is 51.4 Å². The number of aromatic nitrogens is 3. The highest BCUT2D eigenvalue weighted by molar-refractivity contribution is 5.92. The SMILES string of the molecule is N#Cc1ccc(COc2cccc(N3CCC(Cc4nc5ccc(C(=O)O)cc5n4CC[C@@H]4CCO4)CC3)n2)c(F)c1. The molecule has 0 amide bonds. The number of hydrogen-bond acceptors (Lipinski definition) is 7. The summed E-state index contributed by atoms with van der Waals surface area (Å²) in [6.07, 6.45) is 4.97. The Kier molecular flexibility index (Phi) is 8.02. The van der Waals surface area contributed by atoms with E-state index in [1.54, 1.807) is 36.4 Å². The monoisotopic (exact) mass is 569 g/mol. The Morgan fingerprint density at radius 2 is 1.95 bits per heavy atom. The second kappa shape index (κ2) is 12.2. The van der Waals surface area contributed by atoms with E-state index in [-0.39, 0.29) is 23.8 Å². The van der Waals surface area contributed by atoms with Crippen molar-refractivity contribution in [3.05, 3.63) is 82.9 Å². The van der Waals surface area contributed by atoms with Crippen LogP contribution in [0, 0.1) is 23.1 Å². The summed E-state index contributed by atoms with van der Waals surface area (Å²) in [5.74, 6) is 1.26. The maximum atomic E-state index is 14.2. The minimum atomic E-state index is -0.939. The molecule has 9 nitrogen and oxygen atoms in total. The predicted molar refractivity (Wildman–Crippen MR) is 154 cm³/mol. The first kappa shape index (κ1) is 27.7. The number of nitrogens with zero attached hydrogens (tertiary/aromatic N) is 5. The van der Waals surface area contributed by atoms with E-state index >= 15 is 0 Å². The molecule has 0 radical (unpaired) electrons. The molecule has 2 aromatic heterocycles. The quantitative estimate of drug-likeness (QED) is 0.272. The van der Waals surface area contributed by atoms with Gasteiger partial charge in [0.05, 0.1) is 34.3 Å². The highest BCUT2D eigenvalue weighted by Crippen LogP contribution is 2.29. The fourth-order valence-corrected chi connectivity index (χ4v) is 5.67. The molecule has 2 aromatic carbocycles. The van der Waals surface area contributed by atoms with Crippen molar-refractivity contribution in [2.45, 2.75) is 51.4 Å².